The molecule has 4 nitrogen and oxygen atoms in total. The zero-order valence-corrected chi connectivity index (χ0v) is 11.1. The maximum Gasteiger partial charge on any atom is 0.332 e. The number of imidazole rings is 1. The van der Waals surface area contributed by atoms with Crippen LogP contribution in [-0.4, -0.2) is 14.2 Å². The number of benzene rings is 1. The van der Waals surface area contributed by atoms with Crippen molar-refractivity contribution in [3.63, 3.8) is 0 Å². The van der Waals surface area contributed by atoms with E-state index in [-0.39, 0.29) is 5.69 Å². The Morgan fingerprint density at radius 1 is 1.28 bits per heavy atom. The fourth-order valence-corrected chi connectivity index (χ4v) is 2.04. The molecule has 0 atom stereocenters. The Morgan fingerprint density at radius 2 is 1.94 bits per heavy atom. The van der Waals surface area contributed by atoms with E-state index in [0.29, 0.717) is 0 Å². The van der Waals surface area contributed by atoms with E-state index in [4.69, 9.17) is 0 Å². The van der Waals surface area contributed by atoms with Crippen LogP contribution in [0.25, 0.3) is 5.69 Å². The number of aryl methyl sites for hydroxylation is 2. The van der Waals surface area contributed by atoms with Crippen LogP contribution < -0.4 is 5.69 Å². The highest BCUT2D eigenvalue weighted by atomic mass is 16.3. The van der Waals surface area contributed by atoms with Gasteiger partial charge in [0.2, 0.25) is 0 Å². The number of hydrogen-bond donors (Lipinski definition) is 1. The van der Waals surface area contributed by atoms with Gasteiger partial charge in [-0.25, -0.2) is 4.79 Å². The van der Waals surface area contributed by atoms with Crippen molar-refractivity contribution >= 4 is 0 Å². The molecule has 0 fully saturated rings. The van der Waals surface area contributed by atoms with Gasteiger partial charge in [0.25, 0.3) is 0 Å². The van der Waals surface area contributed by atoms with E-state index in [9.17, 15) is 9.90 Å². The number of nitrogens with zero attached hydrogens (tertiary/aromatic N) is 2. The molecule has 0 saturated carbocycles. The van der Waals surface area contributed by atoms with E-state index in [1.54, 1.807) is 36.2 Å². The maximum atomic E-state index is 12.0. The molecule has 0 aliphatic heterocycles. The van der Waals surface area contributed by atoms with Gasteiger partial charge in [0.15, 0.2) is 0 Å². The molecule has 0 radical (unpaired) electrons. The Kier molecular flexibility index (Phi) is 2.91. The quantitative estimate of drug-likeness (QED) is 0.877. The standard InChI is InChI=1S/C14H18N2O2/c1-10-9-15(4)13(17)16(10)12-7-5-6-11(8-12)14(2,3)18/h5-9,18H,1-4H3. The van der Waals surface area contributed by atoms with Crippen molar-refractivity contribution < 1.29 is 5.11 Å². The Hall–Kier alpha value is -1.81. The Morgan fingerprint density at radius 3 is 2.44 bits per heavy atom. The van der Waals surface area contributed by atoms with Crippen molar-refractivity contribution in [3.8, 4) is 5.69 Å². The molecular formula is C14H18N2O2. The summed E-state index contributed by atoms with van der Waals surface area (Å²) in [6, 6.07) is 7.41. The summed E-state index contributed by atoms with van der Waals surface area (Å²) in [4.78, 5) is 12.0. The average Bonchev–Trinajstić information content (AvgIpc) is 2.52. The van der Waals surface area contributed by atoms with Gasteiger partial charge in [-0.3, -0.25) is 4.57 Å². The molecule has 1 heterocycles. The molecule has 1 aromatic carbocycles. The molecular weight excluding hydrogens is 228 g/mol. The van der Waals surface area contributed by atoms with Gasteiger partial charge >= 0.3 is 5.69 Å². The second kappa shape index (κ2) is 4.14. The molecule has 0 bridgehead atoms. The monoisotopic (exact) mass is 246 g/mol. The predicted octanol–water partition coefficient (Wildman–Crippen LogP) is 1.71. The average molecular weight is 246 g/mol. The minimum atomic E-state index is -0.914. The van der Waals surface area contributed by atoms with Gasteiger partial charge in [-0.2, -0.15) is 0 Å². The first-order chi connectivity index (χ1) is 8.30. The Balaban J connectivity index is 2.62. The van der Waals surface area contributed by atoms with Gasteiger partial charge in [0, 0.05) is 18.9 Å². The molecule has 2 aromatic rings. The van der Waals surface area contributed by atoms with Gasteiger partial charge in [0.05, 0.1) is 11.3 Å². The molecule has 2 rings (SSSR count). The maximum absolute atomic E-state index is 12.0. The summed E-state index contributed by atoms with van der Waals surface area (Å²) < 4.78 is 3.18. The molecule has 96 valence electrons. The molecule has 18 heavy (non-hydrogen) atoms. The van der Waals surface area contributed by atoms with Crippen molar-refractivity contribution in [2.45, 2.75) is 26.4 Å². The largest absolute Gasteiger partial charge is 0.386 e. The van der Waals surface area contributed by atoms with Crippen molar-refractivity contribution in [1.82, 2.24) is 9.13 Å². The summed E-state index contributed by atoms with van der Waals surface area (Å²) in [5, 5.41) is 10.0. The van der Waals surface area contributed by atoms with Crippen LogP contribution in [0.1, 0.15) is 25.1 Å². The lowest BCUT2D eigenvalue weighted by molar-refractivity contribution is 0.0786. The summed E-state index contributed by atoms with van der Waals surface area (Å²) in [6.45, 7) is 5.34. The minimum Gasteiger partial charge on any atom is -0.386 e. The fourth-order valence-electron chi connectivity index (χ4n) is 2.04. The van der Waals surface area contributed by atoms with Crippen molar-refractivity contribution in [2.75, 3.05) is 0 Å². The summed E-state index contributed by atoms with van der Waals surface area (Å²) in [5.41, 5.74) is 1.44. The number of hydrogen-bond acceptors (Lipinski definition) is 2. The second-order valence-electron chi connectivity index (χ2n) is 5.11. The smallest absolute Gasteiger partial charge is 0.332 e. The van der Waals surface area contributed by atoms with Crippen LogP contribution in [0.5, 0.6) is 0 Å². The van der Waals surface area contributed by atoms with Crippen LogP contribution in [0.2, 0.25) is 0 Å². The van der Waals surface area contributed by atoms with Crippen LogP contribution in [0.4, 0.5) is 0 Å². The molecule has 0 saturated heterocycles. The third-order valence-electron chi connectivity index (χ3n) is 3.04. The van der Waals surface area contributed by atoms with Crippen LogP contribution in [0.15, 0.2) is 35.3 Å². The SMILES string of the molecule is Cc1cn(C)c(=O)n1-c1cccc(C(C)(C)O)c1. The normalized spacial score (nSPS) is 11.8. The summed E-state index contributed by atoms with van der Waals surface area (Å²) in [6.07, 6.45) is 1.79. The van der Waals surface area contributed by atoms with Crippen LogP contribution >= 0.6 is 0 Å². The van der Waals surface area contributed by atoms with E-state index >= 15 is 0 Å². The van der Waals surface area contributed by atoms with E-state index < -0.39 is 5.60 Å². The lowest BCUT2D eigenvalue weighted by Crippen LogP contribution is -2.22. The van der Waals surface area contributed by atoms with Gasteiger partial charge in [0.1, 0.15) is 0 Å². The summed E-state index contributed by atoms with van der Waals surface area (Å²) >= 11 is 0. The van der Waals surface area contributed by atoms with Crippen LogP contribution in [-0.2, 0) is 12.6 Å². The number of aromatic nitrogens is 2. The van der Waals surface area contributed by atoms with Gasteiger partial charge < -0.3 is 9.67 Å². The minimum absolute atomic E-state index is 0.0830. The molecule has 4 heteroatoms. The molecule has 1 N–H and O–H groups in total. The van der Waals surface area contributed by atoms with E-state index in [1.165, 1.54) is 0 Å². The molecule has 0 aliphatic rings. The zero-order valence-electron chi connectivity index (χ0n) is 11.1. The van der Waals surface area contributed by atoms with E-state index in [2.05, 4.69) is 0 Å². The van der Waals surface area contributed by atoms with Crippen molar-refractivity contribution in [1.29, 1.82) is 0 Å². The van der Waals surface area contributed by atoms with E-state index in [1.807, 2.05) is 31.2 Å². The highest BCUT2D eigenvalue weighted by Gasteiger charge is 2.17. The lowest BCUT2D eigenvalue weighted by atomic mass is 9.98. The van der Waals surface area contributed by atoms with E-state index in [0.717, 1.165) is 16.9 Å². The molecule has 0 amide bonds. The second-order valence-corrected chi connectivity index (χ2v) is 5.11. The molecule has 1 aromatic heterocycles. The highest BCUT2D eigenvalue weighted by molar-refractivity contribution is 5.39. The Labute approximate surface area is 106 Å². The zero-order chi connectivity index (χ0) is 13.5. The molecule has 0 unspecified atom stereocenters. The first-order valence-corrected chi connectivity index (χ1v) is 5.89. The van der Waals surface area contributed by atoms with Crippen LogP contribution in [0.3, 0.4) is 0 Å². The number of aliphatic hydroxyl groups is 1. The summed E-state index contributed by atoms with van der Waals surface area (Å²) in [7, 11) is 1.73. The molecule has 0 spiro atoms. The first-order valence-electron chi connectivity index (χ1n) is 5.89. The van der Waals surface area contributed by atoms with Gasteiger partial charge in [-0.05, 0) is 38.5 Å². The third kappa shape index (κ3) is 2.11. The summed E-state index contributed by atoms with van der Waals surface area (Å²) in [5.74, 6) is 0. The lowest BCUT2D eigenvalue weighted by Gasteiger charge is -2.18. The van der Waals surface area contributed by atoms with Crippen molar-refractivity contribution in [3.05, 3.63) is 52.2 Å². The van der Waals surface area contributed by atoms with Crippen LogP contribution in [0, 0.1) is 6.92 Å². The third-order valence-corrected chi connectivity index (χ3v) is 3.04. The first kappa shape index (κ1) is 12.6. The number of rotatable bonds is 2. The van der Waals surface area contributed by atoms with Crippen molar-refractivity contribution in [2.24, 2.45) is 7.05 Å². The fraction of sp³-hybridized carbons (Fsp3) is 0.357. The van der Waals surface area contributed by atoms with Gasteiger partial charge in [-0.15, -0.1) is 0 Å². The van der Waals surface area contributed by atoms with Gasteiger partial charge in [-0.1, -0.05) is 12.1 Å². The highest BCUT2D eigenvalue weighted by Crippen LogP contribution is 2.22. The topological polar surface area (TPSA) is 47.2 Å². The Bertz CT molecular complexity index is 630. The predicted molar refractivity (Wildman–Crippen MR) is 71.0 cm³/mol. The molecule has 0 aliphatic carbocycles.